The lowest BCUT2D eigenvalue weighted by Gasteiger charge is -2.51. The van der Waals surface area contributed by atoms with Gasteiger partial charge in [0.25, 0.3) is 0 Å². The molecule has 6 heterocycles. The van der Waals surface area contributed by atoms with E-state index in [0.29, 0.717) is 85.1 Å². The van der Waals surface area contributed by atoms with Crippen molar-refractivity contribution in [2.45, 2.75) is 192 Å². The predicted molar refractivity (Wildman–Crippen MR) is 338 cm³/mol. The molecule has 6 fully saturated rings. The van der Waals surface area contributed by atoms with Crippen LogP contribution in [0.25, 0.3) is 0 Å². The van der Waals surface area contributed by atoms with Crippen LogP contribution in [-0.2, 0) is 49.1 Å². The van der Waals surface area contributed by atoms with Crippen molar-refractivity contribution in [3.63, 3.8) is 0 Å². The predicted octanol–water partition coefficient (Wildman–Crippen LogP) is 14.9. The molecule has 4 aromatic rings. The van der Waals surface area contributed by atoms with Crippen LogP contribution in [0.5, 0.6) is 0 Å². The van der Waals surface area contributed by atoms with Crippen LogP contribution in [0.1, 0.15) is 185 Å². The zero-order valence-electron chi connectivity index (χ0n) is 50.7. The average Bonchev–Trinajstić information content (AvgIpc) is 1.53. The van der Waals surface area contributed by atoms with Crippen molar-refractivity contribution in [3.8, 4) is 0 Å². The number of carbonyl (C=O) groups excluding carboxylic acids is 5. The van der Waals surface area contributed by atoms with Crippen molar-refractivity contribution in [2.24, 2.45) is 45.1 Å². The summed E-state index contributed by atoms with van der Waals surface area (Å²) in [5.74, 6) is -6.01. The second-order valence-electron chi connectivity index (χ2n) is 27.5. The number of benzene rings is 2. The summed E-state index contributed by atoms with van der Waals surface area (Å²) in [6, 6.07) is 13.8. The van der Waals surface area contributed by atoms with Gasteiger partial charge in [0.1, 0.15) is 18.0 Å². The van der Waals surface area contributed by atoms with Gasteiger partial charge in [-0.15, -0.1) is 12.4 Å². The molecule has 2 saturated heterocycles. The first-order valence-electron chi connectivity index (χ1n) is 30.8. The molecule has 10 atom stereocenters. The Morgan fingerprint density at radius 3 is 1.43 bits per heavy atom. The van der Waals surface area contributed by atoms with Crippen LogP contribution in [0, 0.1) is 51.0 Å². The maximum atomic E-state index is 16.1. The summed E-state index contributed by atoms with van der Waals surface area (Å²) >= 11 is 24.9. The number of nitrogens with one attached hydrogen (secondary N) is 2. The Morgan fingerprint density at radius 2 is 1.03 bits per heavy atom. The first kappa shape index (κ1) is 67.7. The number of hydrogen-bond donors (Lipinski definition) is 4. The monoisotopic (exact) mass is 1310 g/mol. The van der Waals surface area contributed by atoms with Gasteiger partial charge in [-0.05, 0) is 176 Å². The van der Waals surface area contributed by atoms with Crippen LogP contribution in [0.3, 0.4) is 0 Å². The summed E-state index contributed by atoms with van der Waals surface area (Å²) in [6.45, 7) is 13.4. The number of nitrogens with two attached hydrogens (primary N) is 1. The largest absolute Gasteiger partial charge is 0.481 e. The van der Waals surface area contributed by atoms with E-state index in [1.165, 1.54) is 18.5 Å². The second-order valence-corrected chi connectivity index (χ2v) is 29.0. The molecule has 2 aromatic carbocycles. The normalized spacial score (nSPS) is 30.0. The third-order valence-electron chi connectivity index (χ3n) is 21.5. The maximum absolute atomic E-state index is 16.1. The molecule has 1 unspecified atom stereocenters. The standard InChI is InChI=1S/C34H39Cl2FN2O4.C25H25Cl2FN2O3.C8H15NO2.ClH/c1-4-25(40)27-8-5-19(18-43-27)15-26(41)22-17-33(12-10-32(2,3)11-13-33)34(28(22)21-9-14-38-30(36)29(21)37)23-7-6-20(35)16-24(23)39-31(34)42;1-23(2)6-8-24(9-7-23)12-15(21(31)32)18(14-5-10-29-20(27)19(14)28)25(24)16-4-3-13(26)11-17(16)30-22(25)33;1-2-7(10)8-4-3-6(9)5-11-8;/h6-7,9,14,16,19,22,27-28H,4-5,8,10-13,15,17-18H2,1-3H3,(H,39,42);3-5,10-11,15,18H,6-9,12H2,1-2H3,(H,30,33)(H,31,32);6,8H,2-5,9H2,1H3;1H/t19-,22-,27-,28-,34+;15-,18+,25?;6-,8+;/m011./s1. The van der Waals surface area contributed by atoms with Gasteiger partial charge in [0.05, 0.1) is 30.0 Å². The van der Waals surface area contributed by atoms with Crippen molar-refractivity contribution < 1.29 is 52.1 Å². The number of carboxylic acids is 1. The van der Waals surface area contributed by atoms with E-state index in [1.54, 1.807) is 36.4 Å². The molecule has 476 valence electrons. The van der Waals surface area contributed by atoms with E-state index in [9.17, 15) is 33.9 Å². The molecule has 5 N–H and O–H groups in total. The van der Waals surface area contributed by atoms with Crippen LogP contribution in [0.2, 0.25) is 20.4 Å². The molecule has 4 aliphatic heterocycles. The van der Waals surface area contributed by atoms with Crippen LogP contribution >= 0.6 is 58.8 Å². The van der Waals surface area contributed by atoms with Gasteiger partial charge in [-0.25, -0.2) is 18.7 Å². The Bertz CT molecular complexity index is 3350. The minimum atomic E-state index is -1.25. The lowest BCUT2D eigenvalue weighted by molar-refractivity contribution is -0.142. The number of halogens is 7. The van der Waals surface area contributed by atoms with E-state index < -0.39 is 69.0 Å². The molecule has 4 aliphatic carbocycles. The highest BCUT2D eigenvalue weighted by Gasteiger charge is 2.74. The topological polar surface area (TPSA) is 217 Å². The van der Waals surface area contributed by atoms with Gasteiger partial charge in [0.15, 0.2) is 33.5 Å². The number of ketones is 3. The number of fused-ring (bicyclic) bond motifs is 6. The highest BCUT2D eigenvalue weighted by atomic mass is 35.5. The molecule has 2 amide bonds. The fourth-order valence-electron chi connectivity index (χ4n) is 16.9. The molecule has 4 spiro atoms. The first-order valence-corrected chi connectivity index (χ1v) is 32.3. The number of pyridine rings is 2. The Kier molecular flexibility index (Phi) is 20.1. The van der Waals surface area contributed by atoms with Crippen molar-refractivity contribution in [1.29, 1.82) is 0 Å². The molecular weight excluding hydrogens is 1230 g/mol. The number of rotatable bonds is 10. The first-order chi connectivity index (χ1) is 41.2. The Balaban J connectivity index is 0.000000181. The third kappa shape index (κ3) is 12.0. The van der Waals surface area contributed by atoms with E-state index in [-0.39, 0.29) is 105 Å². The SMILES string of the molecule is CC1(C)CCC2(CC1)C[C@@H](C(=O)O)[C@H](c1ccnc(Cl)c1F)C21C(=O)Nc2cc(Cl)ccc21.CCC(=O)[C@@H]1CC[C@@H](CC(=O)[C@@H]2CC3(CCC(C)(C)CC3)[C@@]3(C(=O)Nc4cc(Cl)ccc43)[C@H]2c2ccnc(Cl)c2F)CO1.CCC(=O)[C@@H]1CC[C@@H](N)CO1.Cl. The minimum absolute atomic E-state index is 0. The lowest BCUT2D eigenvalue weighted by Crippen LogP contribution is -2.52. The average molecular weight is 1310 g/mol. The minimum Gasteiger partial charge on any atom is -0.481 e. The van der Waals surface area contributed by atoms with Crippen molar-refractivity contribution >= 4 is 105 Å². The summed E-state index contributed by atoms with van der Waals surface area (Å²) in [6.07, 6.45) is 13.6. The van der Waals surface area contributed by atoms with Gasteiger partial charge in [0.2, 0.25) is 11.8 Å². The highest BCUT2D eigenvalue weighted by molar-refractivity contribution is 6.32. The summed E-state index contributed by atoms with van der Waals surface area (Å²) < 4.78 is 42.7. The number of anilines is 2. The number of ether oxygens (including phenoxy) is 2. The van der Waals surface area contributed by atoms with Crippen LogP contribution < -0.4 is 16.4 Å². The number of hydrogen-bond acceptors (Lipinski definition) is 11. The van der Waals surface area contributed by atoms with Gasteiger partial charge in [-0.2, -0.15) is 0 Å². The fraction of sp³-hybridized carbons (Fsp3) is 0.582. The van der Waals surface area contributed by atoms with Gasteiger partial charge < -0.3 is 30.9 Å². The zero-order valence-corrected chi connectivity index (χ0v) is 54.5. The molecule has 21 heteroatoms. The lowest BCUT2D eigenvalue weighted by atomic mass is 9.51. The van der Waals surface area contributed by atoms with Gasteiger partial charge in [-0.1, -0.05) is 100 Å². The maximum Gasteiger partial charge on any atom is 0.307 e. The Hall–Kier alpha value is -4.65. The number of carboxylic acid groups (broad SMARTS) is 1. The smallest absolute Gasteiger partial charge is 0.307 e. The molecule has 0 radical (unpaired) electrons. The fourth-order valence-corrected chi connectivity index (χ4v) is 17.5. The zero-order chi connectivity index (χ0) is 62.8. The molecule has 88 heavy (non-hydrogen) atoms. The van der Waals surface area contributed by atoms with Gasteiger partial charge in [0, 0.05) is 76.9 Å². The van der Waals surface area contributed by atoms with E-state index in [4.69, 9.17) is 61.6 Å². The number of nitrogens with zero attached hydrogens (tertiary/aromatic N) is 2. The van der Waals surface area contributed by atoms with Crippen LogP contribution in [0.15, 0.2) is 60.9 Å². The Morgan fingerprint density at radius 1 is 0.614 bits per heavy atom. The molecule has 2 aromatic heterocycles. The van der Waals surface area contributed by atoms with E-state index in [2.05, 4.69) is 48.3 Å². The Labute approximate surface area is 540 Å². The molecule has 12 rings (SSSR count). The number of carbonyl (C=O) groups is 6. The van der Waals surface area contributed by atoms with Gasteiger partial charge >= 0.3 is 5.97 Å². The summed E-state index contributed by atoms with van der Waals surface area (Å²) in [7, 11) is 0. The molecule has 14 nitrogen and oxygen atoms in total. The van der Waals surface area contributed by atoms with E-state index >= 15 is 8.78 Å². The molecule has 8 aliphatic rings. The molecule has 4 saturated carbocycles. The van der Waals surface area contributed by atoms with E-state index in [0.717, 1.165) is 56.9 Å². The molecular formula is C67H80Cl5F2N5O9. The van der Waals surface area contributed by atoms with Crippen molar-refractivity contribution in [3.05, 3.63) is 115 Å². The molecule has 0 bridgehead atoms. The van der Waals surface area contributed by atoms with Gasteiger partial charge in [-0.3, -0.25) is 28.8 Å². The van der Waals surface area contributed by atoms with E-state index in [1.807, 2.05) is 19.9 Å². The highest BCUT2D eigenvalue weighted by Crippen LogP contribution is 2.74. The summed E-state index contributed by atoms with van der Waals surface area (Å²) in [5, 5.41) is 16.8. The van der Waals surface area contributed by atoms with Crippen LogP contribution in [0.4, 0.5) is 20.2 Å². The second kappa shape index (κ2) is 26.2. The summed E-state index contributed by atoms with van der Waals surface area (Å²) in [4.78, 5) is 86.8. The quantitative estimate of drug-likeness (QED) is 0.109. The van der Waals surface area contributed by atoms with Crippen molar-refractivity contribution in [2.75, 3.05) is 23.8 Å². The number of Topliss-reactive ketones (excluding diaryl/α,β-unsaturated/α-hetero) is 3. The number of aliphatic carboxylic acids is 1. The number of aromatic nitrogens is 2. The van der Waals surface area contributed by atoms with Crippen LogP contribution in [-0.4, -0.2) is 81.7 Å². The summed E-state index contributed by atoms with van der Waals surface area (Å²) in [5.41, 5.74) is 5.18. The third-order valence-corrected chi connectivity index (χ3v) is 22.5. The number of amides is 2. The van der Waals surface area contributed by atoms with Crippen molar-refractivity contribution in [1.82, 2.24) is 9.97 Å².